The summed E-state index contributed by atoms with van der Waals surface area (Å²) in [5.74, 6) is -4.33. The number of benzene rings is 1. The van der Waals surface area contributed by atoms with Gasteiger partial charge >= 0.3 is 5.97 Å². The van der Waals surface area contributed by atoms with E-state index in [1.807, 2.05) is 0 Å². The van der Waals surface area contributed by atoms with Crippen LogP contribution in [0.2, 0.25) is 0 Å². The monoisotopic (exact) mass is 196 g/mol. The van der Waals surface area contributed by atoms with Crippen LogP contribution in [0.3, 0.4) is 0 Å². The average Bonchev–Trinajstić information content (AvgIpc) is 2.08. The molecular weight excluding hydrogens is 184 g/mol. The van der Waals surface area contributed by atoms with Crippen molar-refractivity contribution in [1.82, 2.24) is 0 Å². The molecule has 0 saturated heterocycles. The van der Waals surface area contributed by atoms with Crippen LogP contribution in [0.25, 0.3) is 0 Å². The van der Waals surface area contributed by atoms with Crippen LogP contribution >= 0.6 is 0 Å². The first kappa shape index (κ1) is 10.7. The van der Waals surface area contributed by atoms with Crippen molar-refractivity contribution in [3.05, 3.63) is 35.4 Å². The summed E-state index contributed by atoms with van der Waals surface area (Å²) >= 11 is 0. The second kappa shape index (κ2) is 3.77. The molecule has 0 unspecified atom stereocenters. The molecule has 0 saturated carbocycles. The standard InChI is InChI=1S/C10H12O4/c1-7-4-2-3-5-8(7)6-10(13,14)9(11)12/h2-5,13-14H,6H2,1H3,(H,11,12). The molecule has 0 aromatic heterocycles. The van der Waals surface area contributed by atoms with Crippen molar-refractivity contribution in [3.8, 4) is 0 Å². The first-order valence-corrected chi connectivity index (χ1v) is 4.16. The highest BCUT2D eigenvalue weighted by Crippen LogP contribution is 2.14. The van der Waals surface area contributed by atoms with Gasteiger partial charge in [-0.05, 0) is 18.1 Å². The zero-order valence-electron chi connectivity index (χ0n) is 7.77. The van der Waals surface area contributed by atoms with Crippen molar-refractivity contribution in [3.63, 3.8) is 0 Å². The number of carbonyl (C=O) groups is 1. The first-order valence-electron chi connectivity index (χ1n) is 4.16. The molecule has 14 heavy (non-hydrogen) atoms. The van der Waals surface area contributed by atoms with Crippen molar-refractivity contribution in [2.24, 2.45) is 0 Å². The van der Waals surface area contributed by atoms with Gasteiger partial charge in [0.25, 0.3) is 5.79 Å². The average molecular weight is 196 g/mol. The van der Waals surface area contributed by atoms with Gasteiger partial charge in [0.15, 0.2) is 0 Å². The Bertz CT molecular complexity index is 344. The summed E-state index contributed by atoms with van der Waals surface area (Å²) in [5.41, 5.74) is 1.45. The Balaban J connectivity index is 2.89. The molecule has 0 aliphatic rings. The second-order valence-electron chi connectivity index (χ2n) is 3.23. The molecule has 0 fully saturated rings. The molecule has 76 valence electrons. The van der Waals surface area contributed by atoms with E-state index in [1.165, 1.54) is 0 Å². The van der Waals surface area contributed by atoms with E-state index in [1.54, 1.807) is 31.2 Å². The number of carboxylic acids is 1. The SMILES string of the molecule is Cc1ccccc1CC(O)(O)C(=O)O. The Labute approximate surface area is 81.4 Å². The molecule has 0 spiro atoms. The zero-order valence-corrected chi connectivity index (χ0v) is 7.77. The maximum atomic E-state index is 10.4. The fourth-order valence-corrected chi connectivity index (χ4v) is 1.15. The molecule has 1 aromatic carbocycles. The first-order chi connectivity index (χ1) is 6.43. The summed E-state index contributed by atoms with van der Waals surface area (Å²) in [6.07, 6.45) is -0.311. The summed E-state index contributed by atoms with van der Waals surface area (Å²) in [6.45, 7) is 1.78. The van der Waals surface area contributed by atoms with E-state index >= 15 is 0 Å². The maximum absolute atomic E-state index is 10.4. The van der Waals surface area contributed by atoms with Crippen LogP contribution in [0.5, 0.6) is 0 Å². The van der Waals surface area contributed by atoms with E-state index in [0.717, 1.165) is 5.56 Å². The van der Waals surface area contributed by atoms with Crippen molar-refractivity contribution in [2.45, 2.75) is 19.1 Å². The lowest BCUT2D eigenvalue weighted by Crippen LogP contribution is -2.40. The van der Waals surface area contributed by atoms with Crippen LogP contribution in [0.15, 0.2) is 24.3 Å². The van der Waals surface area contributed by atoms with E-state index in [9.17, 15) is 4.79 Å². The van der Waals surface area contributed by atoms with Gasteiger partial charge in [-0.1, -0.05) is 24.3 Å². The topological polar surface area (TPSA) is 77.8 Å². The second-order valence-corrected chi connectivity index (χ2v) is 3.23. The lowest BCUT2D eigenvalue weighted by Gasteiger charge is -2.17. The number of hydrogen-bond acceptors (Lipinski definition) is 3. The Morgan fingerprint density at radius 1 is 1.36 bits per heavy atom. The van der Waals surface area contributed by atoms with E-state index in [0.29, 0.717) is 5.56 Å². The summed E-state index contributed by atoms with van der Waals surface area (Å²) in [5, 5.41) is 26.7. The van der Waals surface area contributed by atoms with Crippen LogP contribution < -0.4 is 0 Å². The Morgan fingerprint density at radius 3 is 2.43 bits per heavy atom. The molecule has 4 heteroatoms. The van der Waals surface area contributed by atoms with Crippen LogP contribution in [0, 0.1) is 6.92 Å². The Kier molecular flexibility index (Phi) is 2.88. The predicted molar refractivity (Wildman–Crippen MR) is 49.7 cm³/mol. The van der Waals surface area contributed by atoms with Crippen molar-refractivity contribution in [1.29, 1.82) is 0 Å². The van der Waals surface area contributed by atoms with Gasteiger partial charge in [0.05, 0.1) is 0 Å². The summed E-state index contributed by atoms with van der Waals surface area (Å²) in [7, 11) is 0. The maximum Gasteiger partial charge on any atom is 0.364 e. The van der Waals surface area contributed by atoms with Crippen LogP contribution in [0.4, 0.5) is 0 Å². The molecule has 1 aromatic rings. The molecule has 3 N–H and O–H groups in total. The van der Waals surface area contributed by atoms with Crippen molar-refractivity contribution in [2.75, 3.05) is 0 Å². The van der Waals surface area contributed by atoms with Gasteiger partial charge in [0, 0.05) is 6.42 Å². The van der Waals surface area contributed by atoms with Crippen LogP contribution in [0.1, 0.15) is 11.1 Å². The molecule has 0 aliphatic carbocycles. The van der Waals surface area contributed by atoms with Crippen LogP contribution in [-0.2, 0) is 11.2 Å². The van der Waals surface area contributed by atoms with Gasteiger partial charge in [-0.2, -0.15) is 0 Å². The predicted octanol–water partition coefficient (Wildman–Crippen LogP) is 0.303. The van der Waals surface area contributed by atoms with Crippen LogP contribution in [-0.4, -0.2) is 27.1 Å². The fraction of sp³-hybridized carbons (Fsp3) is 0.300. The smallest absolute Gasteiger partial charge is 0.364 e. The van der Waals surface area contributed by atoms with Gasteiger partial charge in [-0.15, -0.1) is 0 Å². The molecule has 0 radical (unpaired) electrons. The highest BCUT2D eigenvalue weighted by Gasteiger charge is 2.33. The minimum Gasteiger partial charge on any atom is -0.477 e. The molecular formula is C10H12O4. The van der Waals surface area contributed by atoms with E-state index in [-0.39, 0.29) is 6.42 Å². The Hall–Kier alpha value is -1.39. The summed E-state index contributed by atoms with van der Waals surface area (Å²) < 4.78 is 0. The van der Waals surface area contributed by atoms with Gasteiger partial charge in [-0.3, -0.25) is 0 Å². The number of carboxylic acid groups (broad SMARTS) is 1. The van der Waals surface area contributed by atoms with E-state index < -0.39 is 11.8 Å². The molecule has 4 nitrogen and oxygen atoms in total. The Morgan fingerprint density at radius 2 is 1.93 bits per heavy atom. The fourth-order valence-electron chi connectivity index (χ4n) is 1.15. The van der Waals surface area contributed by atoms with Crippen molar-refractivity contribution >= 4 is 5.97 Å². The molecule has 0 bridgehead atoms. The number of hydrogen-bond donors (Lipinski definition) is 3. The van der Waals surface area contributed by atoms with Gasteiger partial charge < -0.3 is 15.3 Å². The van der Waals surface area contributed by atoms with Gasteiger partial charge in [-0.25, -0.2) is 4.79 Å². The minimum absolute atomic E-state index is 0.311. The highest BCUT2D eigenvalue weighted by molar-refractivity contribution is 5.75. The number of aliphatic carboxylic acids is 1. The zero-order chi connectivity index (χ0) is 10.8. The molecule has 0 atom stereocenters. The number of aliphatic hydroxyl groups is 2. The summed E-state index contributed by atoms with van der Waals surface area (Å²) in [4.78, 5) is 10.4. The molecule has 0 aliphatic heterocycles. The molecule has 0 amide bonds. The quantitative estimate of drug-likeness (QED) is 0.608. The lowest BCUT2D eigenvalue weighted by atomic mass is 10.0. The van der Waals surface area contributed by atoms with Gasteiger partial charge in [0.1, 0.15) is 0 Å². The van der Waals surface area contributed by atoms with Crippen molar-refractivity contribution < 1.29 is 20.1 Å². The minimum atomic E-state index is -2.69. The highest BCUT2D eigenvalue weighted by atomic mass is 16.5. The normalized spacial score (nSPS) is 11.4. The third-order valence-corrected chi connectivity index (χ3v) is 2.04. The third kappa shape index (κ3) is 2.31. The number of aryl methyl sites for hydroxylation is 1. The largest absolute Gasteiger partial charge is 0.477 e. The van der Waals surface area contributed by atoms with E-state index in [4.69, 9.17) is 15.3 Å². The van der Waals surface area contributed by atoms with E-state index in [2.05, 4.69) is 0 Å². The molecule has 1 rings (SSSR count). The van der Waals surface area contributed by atoms with Gasteiger partial charge in [0.2, 0.25) is 0 Å². The third-order valence-electron chi connectivity index (χ3n) is 2.04. The number of rotatable bonds is 3. The molecule has 0 heterocycles. The summed E-state index contributed by atoms with van der Waals surface area (Å²) in [6, 6.07) is 6.98. The lowest BCUT2D eigenvalue weighted by molar-refractivity contribution is -0.202.